The minimum Gasteiger partial charge on any atom is -0.318 e. The Labute approximate surface area is 142 Å². The standard InChI is InChI=1S/C16H18F3N3O3/c1-2-3-9-22-13(24)15(16(17,18)19,21-14(22)25)20-12(23)10-11-7-5-4-6-8-11/h4-8H,2-3,9-10H2,1H3,(H,20,23)(H,21,25)/t15-/m1/s1. The highest BCUT2D eigenvalue weighted by molar-refractivity contribution is 6.09. The lowest BCUT2D eigenvalue weighted by Crippen LogP contribution is -2.69. The quantitative estimate of drug-likeness (QED) is 0.764. The zero-order valence-corrected chi connectivity index (χ0v) is 13.5. The van der Waals surface area contributed by atoms with E-state index >= 15 is 0 Å². The second-order valence-corrected chi connectivity index (χ2v) is 5.70. The number of benzene rings is 1. The molecule has 0 bridgehead atoms. The number of nitrogens with zero attached hydrogens (tertiary/aromatic N) is 1. The molecule has 25 heavy (non-hydrogen) atoms. The molecule has 6 nitrogen and oxygen atoms in total. The molecule has 1 aliphatic heterocycles. The van der Waals surface area contributed by atoms with Crippen LogP contribution in [-0.4, -0.2) is 41.1 Å². The third-order valence-corrected chi connectivity index (χ3v) is 3.80. The van der Waals surface area contributed by atoms with Gasteiger partial charge < -0.3 is 5.32 Å². The van der Waals surface area contributed by atoms with Gasteiger partial charge in [-0.15, -0.1) is 0 Å². The fourth-order valence-corrected chi connectivity index (χ4v) is 2.48. The SMILES string of the molecule is CCCCN1C(=O)N[C@@](NC(=O)Cc2ccccc2)(C(F)(F)F)C1=O. The van der Waals surface area contributed by atoms with Crippen LogP contribution in [0.15, 0.2) is 30.3 Å². The number of urea groups is 1. The molecule has 0 aromatic heterocycles. The molecule has 0 aliphatic carbocycles. The van der Waals surface area contributed by atoms with Crippen molar-refractivity contribution in [3.8, 4) is 0 Å². The Balaban J connectivity index is 2.23. The predicted molar refractivity (Wildman–Crippen MR) is 82.2 cm³/mol. The Bertz CT molecular complexity index is 664. The molecule has 136 valence electrons. The maximum absolute atomic E-state index is 13.6. The number of hydrogen-bond donors (Lipinski definition) is 2. The number of unbranched alkanes of at least 4 members (excludes halogenated alkanes) is 1. The van der Waals surface area contributed by atoms with Crippen molar-refractivity contribution in [1.82, 2.24) is 15.5 Å². The third-order valence-electron chi connectivity index (χ3n) is 3.80. The van der Waals surface area contributed by atoms with Crippen LogP contribution in [0.5, 0.6) is 0 Å². The fraction of sp³-hybridized carbons (Fsp3) is 0.438. The highest BCUT2D eigenvalue weighted by Crippen LogP contribution is 2.34. The molecule has 4 amide bonds. The Kier molecular flexibility index (Phi) is 5.34. The largest absolute Gasteiger partial charge is 0.440 e. The summed E-state index contributed by atoms with van der Waals surface area (Å²) in [6, 6.07) is 6.94. The van der Waals surface area contributed by atoms with Gasteiger partial charge in [-0.05, 0) is 12.0 Å². The van der Waals surface area contributed by atoms with Crippen LogP contribution in [0.25, 0.3) is 0 Å². The van der Waals surface area contributed by atoms with Crippen LogP contribution >= 0.6 is 0 Å². The molecule has 1 aromatic rings. The van der Waals surface area contributed by atoms with E-state index in [1.54, 1.807) is 47.9 Å². The van der Waals surface area contributed by atoms with Crippen LogP contribution in [0.1, 0.15) is 25.3 Å². The van der Waals surface area contributed by atoms with E-state index in [9.17, 15) is 27.6 Å². The molecule has 0 saturated carbocycles. The molecule has 0 unspecified atom stereocenters. The summed E-state index contributed by atoms with van der Waals surface area (Å²) in [6.45, 7) is 1.63. The normalized spacial score (nSPS) is 20.6. The molecule has 1 fully saturated rings. The van der Waals surface area contributed by atoms with Crippen molar-refractivity contribution in [1.29, 1.82) is 0 Å². The number of carbonyl (C=O) groups excluding carboxylic acids is 3. The van der Waals surface area contributed by atoms with Crippen molar-refractivity contribution in [3.05, 3.63) is 35.9 Å². The first kappa shape index (κ1) is 18.8. The number of nitrogens with one attached hydrogen (secondary N) is 2. The van der Waals surface area contributed by atoms with E-state index in [0.29, 0.717) is 23.3 Å². The lowest BCUT2D eigenvalue weighted by molar-refractivity contribution is -0.204. The van der Waals surface area contributed by atoms with Gasteiger partial charge in [-0.2, -0.15) is 13.2 Å². The first-order valence-electron chi connectivity index (χ1n) is 7.77. The molecule has 0 spiro atoms. The Morgan fingerprint density at radius 1 is 1.24 bits per heavy atom. The van der Waals surface area contributed by atoms with Crippen molar-refractivity contribution in [3.63, 3.8) is 0 Å². The van der Waals surface area contributed by atoms with Crippen LogP contribution in [0, 0.1) is 0 Å². The predicted octanol–water partition coefficient (Wildman–Crippen LogP) is 1.96. The van der Waals surface area contributed by atoms with E-state index in [0.717, 1.165) is 0 Å². The summed E-state index contributed by atoms with van der Waals surface area (Å²) < 4.78 is 40.7. The van der Waals surface area contributed by atoms with Gasteiger partial charge in [-0.1, -0.05) is 43.7 Å². The van der Waals surface area contributed by atoms with E-state index in [4.69, 9.17) is 0 Å². The number of imide groups is 1. The molecule has 1 atom stereocenters. The number of rotatable bonds is 6. The van der Waals surface area contributed by atoms with Gasteiger partial charge in [0.25, 0.3) is 11.6 Å². The lowest BCUT2D eigenvalue weighted by atomic mass is 10.1. The van der Waals surface area contributed by atoms with Gasteiger partial charge >= 0.3 is 12.2 Å². The number of hydrogen-bond acceptors (Lipinski definition) is 3. The second kappa shape index (κ2) is 7.12. The first-order chi connectivity index (χ1) is 11.7. The Morgan fingerprint density at radius 2 is 1.88 bits per heavy atom. The van der Waals surface area contributed by atoms with Crippen molar-refractivity contribution in [2.45, 2.75) is 38.0 Å². The maximum Gasteiger partial charge on any atom is 0.440 e. The summed E-state index contributed by atoms with van der Waals surface area (Å²) in [6.07, 6.45) is -4.56. The molecule has 9 heteroatoms. The summed E-state index contributed by atoms with van der Waals surface area (Å²) in [5, 5.41) is 3.29. The number of halogens is 3. The van der Waals surface area contributed by atoms with Gasteiger partial charge in [0.2, 0.25) is 5.91 Å². The van der Waals surface area contributed by atoms with Crippen LogP contribution in [-0.2, 0) is 16.0 Å². The Hall–Kier alpha value is -2.58. The molecule has 1 saturated heterocycles. The first-order valence-corrected chi connectivity index (χ1v) is 7.77. The molecule has 1 aromatic carbocycles. The summed E-state index contributed by atoms with van der Waals surface area (Å²) >= 11 is 0. The van der Waals surface area contributed by atoms with E-state index in [-0.39, 0.29) is 13.0 Å². The van der Waals surface area contributed by atoms with Crippen molar-refractivity contribution >= 4 is 17.8 Å². The van der Waals surface area contributed by atoms with E-state index in [2.05, 4.69) is 0 Å². The van der Waals surface area contributed by atoms with E-state index in [1.807, 2.05) is 0 Å². The van der Waals surface area contributed by atoms with Gasteiger partial charge in [0.05, 0.1) is 6.42 Å². The summed E-state index contributed by atoms with van der Waals surface area (Å²) in [4.78, 5) is 36.7. The minimum absolute atomic E-state index is 0.145. The number of amides is 4. The summed E-state index contributed by atoms with van der Waals surface area (Å²) in [5.74, 6) is -2.53. The molecule has 1 aliphatic rings. The van der Waals surface area contributed by atoms with Crippen LogP contribution in [0.2, 0.25) is 0 Å². The van der Waals surface area contributed by atoms with Crippen molar-refractivity contribution < 1.29 is 27.6 Å². The zero-order chi connectivity index (χ0) is 18.7. The minimum atomic E-state index is -5.17. The molecule has 2 rings (SSSR count). The molecular formula is C16H18F3N3O3. The average Bonchev–Trinajstić information content (AvgIpc) is 2.77. The molecule has 1 heterocycles. The van der Waals surface area contributed by atoms with Gasteiger partial charge in [0, 0.05) is 6.54 Å². The Morgan fingerprint density at radius 3 is 2.44 bits per heavy atom. The summed E-state index contributed by atoms with van der Waals surface area (Å²) in [5.41, 5.74) is -2.94. The van der Waals surface area contributed by atoms with Gasteiger partial charge in [0.15, 0.2) is 0 Å². The van der Waals surface area contributed by atoms with Crippen molar-refractivity contribution in [2.24, 2.45) is 0 Å². The van der Waals surface area contributed by atoms with Gasteiger partial charge in [-0.25, -0.2) is 4.79 Å². The molecular weight excluding hydrogens is 339 g/mol. The second-order valence-electron chi connectivity index (χ2n) is 5.70. The van der Waals surface area contributed by atoms with Crippen LogP contribution in [0.3, 0.4) is 0 Å². The monoisotopic (exact) mass is 357 g/mol. The maximum atomic E-state index is 13.6. The lowest BCUT2D eigenvalue weighted by Gasteiger charge is -2.29. The highest BCUT2D eigenvalue weighted by Gasteiger charge is 2.68. The summed E-state index contributed by atoms with van der Waals surface area (Å²) in [7, 11) is 0. The van der Waals surface area contributed by atoms with Crippen LogP contribution in [0.4, 0.5) is 18.0 Å². The van der Waals surface area contributed by atoms with Gasteiger partial charge in [0.1, 0.15) is 0 Å². The van der Waals surface area contributed by atoms with E-state index < -0.39 is 29.7 Å². The van der Waals surface area contributed by atoms with Crippen molar-refractivity contribution in [2.75, 3.05) is 6.54 Å². The smallest absolute Gasteiger partial charge is 0.318 e. The van der Waals surface area contributed by atoms with Crippen LogP contribution < -0.4 is 10.6 Å². The molecule has 0 radical (unpaired) electrons. The van der Waals surface area contributed by atoms with Gasteiger partial charge in [-0.3, -0.25) is 19.8 Å². The molecule has 2 N–H and O–H groups in total. The third kappa shape index (κ3) is 3.75. The average molecular weight is 357 g/mol. The zero-order valence-electron chi connectivity index (χ0n) is 13.5. The number of alkyl halides is 3. The topological polar surface area (TPSA) is 78.5 Å². The fourth-order valence-electron chi connectivity index (χ4n) is 2.48. The van der Waals surface area contributed by atoms with E-state index in [1.165, 1.54) is 0 Å². The number of carbonyl (C=O) groups is 3. The highest BCUT2D eigenvalue weighted by atomic mass is 19.4.